The van der Waals surface area contributed by atoms with Crippen LogP contribution in [0.4, 0.5) is 0 Å². The average molecular weight is 279 g/mol. The number of likely N-dealkylation sites (tertiary alicyclic amines) is 1. The molecule has 4 heteroatoms. The molecule has 1 aromatic rings. The van der Waals surface area contributed by atoms with Crippen LogP contribution in [-0.2, 0) is 11.3 Å². The van der Waals surface area contributed by atoms with Gasteiger partial charge < -0.3 is 5.11 Å². The second-order valence-corrected chi connectivity index (χ2v) is 6.22. The maximum absolute atomic E-state index is 10.5. The second kappa shape index (κ2) is 7.46. The zero-order valence-electron chi connectivity index (χ0n) is 11.2. The van der Waals surface area contributed by atoms with Gasteiger partial charge in [0.05, 0.1) is 0 Å². The van der Waals surface area contributed by atoms with Gasteiger partial charge in [-0.15, -0.1) is 11.3 Å². The Hall–Kier alpha value is -1.13. The molecule has 2 heterocycles. The molecule has 0 aromatic carbocycles. The molecule has 0 spiro atoms. The van der Waals surface area contributed by atoms with Crippen molar-refractivity contribution in [3.8, 4) is 0 Å². The minimum absolute atomic E-state index is 0.890. The fraction of sp³-hybridized carbons (Fsp3) is 0.533. The normalized spacial score (nSPS) is 18.3. The third-order valence-corrected chi connectivity index (χ3v) is 4.44. The lowest BCUT2D eigenvalue weighted by molar-refractivity contribution is -0.131. The summed E-state index contributed by atoms with van der Waals surface area (Å²) >= 11 is 1.69. The standard InChI is InChI=1S/C15H21NO2S/c17-15(18)9-8-13-6-7-14(19-13)12-16-10-4-2-1-3-5-11-16/h6-9H,1-5,10-12H2,(H,17,18). The lowest BCUT2D eigenvalue weighted by Gasteiger charge is -2.23. The van der Waals surface area contributed by atoms with Crippen LogP contribution in [0.3, 0.4) is 0 Å². The second-order valence-electron chi connectivity index (χ2n) is 5.02. The van der Waals surface area contributed by atoms with Gasteiger partial charge >= 0.3 is 5.97 Å². The van der Waals surface area contributed by atoms with Crippen molar-refractivity contribution in [1.82, 2.24) is 4.90 Å². The van der Waals surface area contributed by atoms with Crippen molar-refractivity contribution >= 4 is 23.4 Å². The quantitative estimate of drug-likeness (QED) is 0.856. The minimum atomic E-state index is -0.890. The third kappa shape index (κ3) is 5.17. The topological polar surface area (TPSA) is 40.5 Å². The Morgan fingerprint density at radius 3 is 2.58 bits per heavy atom. The lowest BCUT2D eigenvalue weighted by atomic mass is 10.1. The molecule has 1 fully saturated rings. The summed E-state index contributed by atoms with van der Waals surface area (Å²) in [5, 5.41) is 8.61. The molecule has 0 radical (unpaired) electrons. The van der Waals surface area contributed by atoms with Gasteiger partial charge in [0, 0.05) is 22.4 Å². The Labute approximate surface area is 118 Å². The number of hydrogen-bond donors (Lipinski definition) is 1. The van der Waals surface area contributed by atoms with Crippen LogP contribution in [0, 0.1) is 0 Å². The molecular formula is C15H21NO2S. The zero-order valence-corrected chi connectivity index (χ0v) is 12.0. The average Bonchev–Trinajstić information content (AvgIpc) is 2.77. The fourth-order valence-corrected chi connectivity index (χ4v) is 3.37. The van der Waals surface area contributed by atoms with E-state index >= 15 is 0 Å². The monoisotopic (exact) mass is 279 g/mol. The molecule has 1 saturated heterocycles. The highest BCUT2D eigenvalue weighted by Gasteiger charge is 2.09. The van der Waals surface area contributed by atoms with Crippen LogP contribution in [0.5, 0.6) is 0 Å². The van der Waals surface area contributed by atoms with Gasteiger partial charge in [0.2, 0.25) is 0 Å². The predicted molar refractivity (Wildman–Crippen MR) is 79.4 cm³/mol. The first kappa shape index (κ1) is 14.3. The van der Waals surface area contributed by atoms with Gasteiger partial charge in [0.1, 0.15) is 0 Å². The first-order chi connectivity index (χ1) is 9.24. The highest BCUT2D eigenvalue weighted by molar-refractivity contribution is 7.12. The molecule has 0 aliphatic carbocycles. The summed E-state index contributed by atoms with van der Waals surface area (Å²) in [6, 6.07) is 4.12. The summed E-state index contributed by atoms with van der Waals surface area (Å²) in [7, 11) is 0. The van der Waals surface area contributed by atoms with Crippen molar-refractivity contribution in [1.29, 1.82) is 0 Å². The highest BCUT2D eigenvalue weighted by Crippen LogP contribution is 2.21. The van der Waals surface area contributed by atoms with Crippen LogP contribution >= 0.6 is 11.3 Å². The van der Waals surface area contributed by atoms with Crippen molar-refractivity contribution < 1.29 is 9.90 Å². The summed E-state index contributed by atoms with van der Waals surface area (Å²) in [6.45, 7) is 3.39. The van der Waals surface area contributed by atoms with Crippen LogP contribution in [0.1, 0.15) is 41.9 Å². The molecular weight excluding hydrogens is 258 g/mol. The summed E-state index contributed by atoms with van der Waals surface area (Å²) in [4.78, 5) is 15.3. The number of nitrogens with zero attached hydrogens (tertiary/aromatic N) is 1. The molecule has 1 aromatic heterocycles. The van der Waals surface area contributed by atoms with E-state index in [0.29, 0.717) is 0 Å². The van der Waals surface area contributed by atoms with Gasteiger partial charge in [-0.3, -0.25) is 4.90 Å². The smallest absolute Gasteiger partial charge is 0.328 e. The number of hydrogen-bond acceptors (Lipinski definition) is 3. The van der Waals surface area contributed by atoms with Gasteiger partial charge in [-0.2, -0.15) is 0 Å². The highest BCUT2D eigenvalue weighted by atomic mass is 32.1. The van der Waals surface area contributed by atoms with E-state index in [1.807, 2.05) is 6.07 Å². The molecule has 1 N–H and O–H groups in total. The Morgan fingerprint density at radius 2 is 1.89 bits per heavy atom. The maximum Gasteiger partial charge on any atom is 0.328 e. The lowest BCUT2D eigenvalue weighted by Crippen LogP contribution is -2.26. The zero-order chi connectivity index (χ0) is 13.5. The van der Waals surface area contributed by atoms with Crippen molar-refractivity contribution in [2.75, 3.05) is 13.1 Å². The van der Waals surface area contributed by atoms with Crippen LogP contribution < -0.4 is 0 Å². The number of thiophene rings is 1. The van der Waals surface area contributed by atoms with E-state index in [2.05, 4.69) is 11.0 Å². The Balaban J connectivity index is 1.89. The molecule has 2 rings (SSSR count). The van der Waals surface area contributed by atoms with E-state index in [-0.39, 0.29) is 0 Å². The molecule has 0 amide bonds. The van der Waals surface area contributed by atoms with Crippen molar-refractivity contribution in [3.05, 3.63) is 28.0 Å². The number of carbonyl (C=O) groups is 1. The first-order valence-corrected chi connectivity index (χ1v) is 7.78. The van der Waals surface area contributed by atoms with Gasteiger partial charge in [0.15, 0.2) is 0 Å². The molecule has 3 nitrogen and oxygen atoms in total. The SMILES string of the molecule is O=C(O)C=Cc1ccc(CN2CCCCCCC2)s1. The Morgan fingerprint density at radius 1 is 1.21 bits per heavy atom. The van der Waals surface area contributed by atoms with E-state index in [4.69, 9.17) is 5.11 Å². The summed E-state index contributed by atoms with van der Waals surface area (Å²) in [5.74, 6) is -0.890. The summed E-state index contributed by atoms with van der Waals surface area (Å²) < 4.78 is 0. The van der Waals surface area contributed by atoms with Crippen LogP contribution in [0.2, 0.25) is 0 Å². The van der Waals surface area contributed by atoms with E-state index in [1.165, 1.54) is 56.1 Å². The van der Waals surface area contributed by atoms with E-state index < -0.39 is 5.97 Å². The fourth-order valence-electron chi connectivity index (χ4n) is 2.41. The summed E-state index contributed by atoms with van der Waals surface area (Å²) in [6.07, 6.45) is 9.57. The van der Waals surface area contributed by atoms with Crippen LogP contribution in [0.25, 0.3) is 6.08 Å². The maximum atomic E-state index is 10.5. The Kier molecular flexibility index (Phi) is 5.61. The number of carboxylic acids is 1. The van der Waals surface area contributed by atoms with Crippen molar-refractivity contribution in [3.63, 3.8) is 0 Å². The third-order valence-electron chi connectivity index (χ3n) is 3.40. The van der Waals surface area contributed by atoms with Crippen LogP contribution in [-0.4, -0.2) is 29.1 Å². The molecule has 1 aliphatic rings. The molecule has 1 aliphatic heterocycles. The van der Waals surface area contributed by atoms with E-state index in [0.717, 1.165) is 11.4 Å². The molecule has 104 valence electrons. The molecule has 19 heavy (non-hydrogen) atoms. The molecule has 0 bridgehead atoms. The Bertz CT molecular complexity index is 431. The predicted octanol–water partition coefficient (Wildman–Crippen LogP) is 3.61. The molecule has 0 saturated carbocycles. The van der Waals surface area contributed by atoms with Gasteiger partial charge in [-0.05, 0) is 44.1 Å². The first-order valence-electron chi connectivity index (χ1n) is 6.96. The van der Waals surface area contributed by atoms with Gasteiger partial charge in [-0.1, -0.05) is 19.3 Å². The van der Waals surface area contributed by atoms with Crippen molar-refractivity contribution in [2.45, 2.75) is 38.6 Å². The van der Waals surface area contributed by atoms with Gasteiger partial charge in [-0.25, -0.2) is 4.79 Å². The van der Waals surface area contributed by atoms with E-state index in [9.17, 15) is 4.79 Å². The minimum Gasteiger partial charge on any atom is -0.478 e. The number of rotatable bonds is 4. The summed E-state index contributed by atoms with van der Waals surface area (Å²) in [5.41, 5.74) is 0. The van der Waals surface area contributed by atoms with Crippen molar-refractivity contribution in [2.24, 2.45) is 0 Å². The van der Waals surface area contributed by atoms with E-state index in [1.54, 1.807) is 17.4 Å². The number of carboxylic acid groups (broad SMARTS) is 1. The largest absolute Gasteiger partial charge is 0.478 e. The number of aliphatic carboxylic acids is 1. The van der Waals surface area contributed by atoms with Gasteiger partial charge in [0.25, 0.3) is 0 Å². The molecule has 0 atom stereocenters. The molecule has 0 unspecified atom stereocenters. The van der Waals surface area contributed by atoms with Crippen LogP contribution in [0.15, 0.2) is 18.2 Å².